The van der Waals surface area contributed by atoms with Crippen molar-refractivity contribution in [1.82, 2.24) is 9.78 Å². The molecule has 0 saturated heterocycles. The average molecular weight is 170 g/mol. The fraction of sp³-hybridized carbons (Fsp3) is 0.571. The molecule has 0 aliphatic rings. The van der Waals surface area contributed by atoms with Gasteiger partial charge in [0.1, 0.15) is 5.82 Å². The van der Waals surface area contributed by atoms with Gasteiger partial charge in [0.05, 0.1) is 24.5 Å². The van der Waals surface area contributed by atoms with Crippen LogP contribution < -0.4 is 11.5 Å². The molecule has 0 saturated carbocycles. The Balaban J connectivity index is 2.69. The molecule has 0 radical (unpaired) electrons. The molecule has 1 heterocycles. The first kappa shape index (κ1) is 8.86. The fourth-order valence-corrected chi connectivity index (χ4v) is 0.883. The zero-order valence-electron chi connectivity index (χ0n) is 7.07. The van der Waals surface area contributed by atoms with Crippen LogP contribution in [0.2, 0.25) is 0 Å². The van der Waals surface area contributed by atoms with Gasteiger partial charge in [-0.2, -0.15) is 5.10 Å². The van der Waals surface area contributed by atoms with E-state index in [0.717, 1.165) is 0 Å². The smallest absolute Gasteiger partial charge is 0.145 e. The lowest BCUT2D eigenvalue weighted by atomic mass is 10.3. The maximum atomic E-state index is 9.29. The Morgan fingerprint density at radius 3 is 2.75 bits per heavy atom. The van der Waals surface area contributed by atoms with Gasteiger partial charge in [-0.25, -0.2) is 4.68 Å². The Morgan fingerprint density at radius 2 is 2.33 bits per heavy atom. The minimum absolute atomic E-state index is 0.402. The van der Waals surface area contributed by atoms with Crippen molar-refractivity contribution in [3.05, 3.63) is 6.20 Å². The number of aliphatic hydroxyl groups excluding tert-OH is 1. The Kier molecular flexibility index (Phi) is 2.54. The molecule has 5 nitrogen and oxygen atoms in total. The van der Waals surface area contributed by atoms with Gasteiger partial charge < -0.3 is 16.6 Å². The van der Waals surface area contributed by atoms with Gasteiger partial charge in [-0.1, -0.05) is 6.92 Å². The Labute approximate surface area is 71.0 Å². The van der Waals surface area contributed by atoms with Gasteiger partial charge in [-0.15, -0.1) is 0 Å². The third-order valence-corrected chi connectivity index (χ3v) is 1.76. The molecule has 5 N–H and O–H groups in total. The van der Waals surface area contributed by atoms with E-state index in [4.69, 9.17) is 11.5 Å². The third kappa shape index (κ3) is 1.68. The van der Waals surface area contributed by atoms with Crippen LogP contribution in [0.4, 0.5) is 11.5 Å². The first-order valence-corrected chi connectivity index (χ1v) is 3.90. The average Bonchev–Trinajstić information content (AvgIpc) is 2.36. The SMILES string of the molecule is CCC(O)Cn1ncc(N)c1N. The van der Waals surface area contributed by atoms with Crippen LogP contribution in [-0.4, -0.2) is 21.0 Å². The first-order valence-electron chi connectivity index (χ1n) is 3.90. The highest BCUT2D eigenvalue weighted by Gasteiger charge is 2.07. The van der Waals surface area contributed by atoms with E-state index in [1.54, 1.807) is 0 Å². The summed E-state index contributed by atoms with van der Waals surface area (Å²) in [5.74, 6) is 0.419. The lowest BCUT2D eigenvalue weighted by Crippen LogP contribution is -2.17. The summed E-state index contributed by atoms with van der Waals surface area (Å²) < 4.78 is 1.50. The van der Waals surface area contributed by atoms with Crippen LogP contribution in [0, 0.1) is 0 Å². The number of hydrogen-bond acceptors (Lipinski definition) is 4. The summed E-state index contributed by atoms with van der Waals surface area (Å²) in [5.41, 5.74) is 11.5. The molecule has 0 spiro atoms. The molecule has 0 aromatic carbocycles. The lowest BCUT2D eigenvalue weighted by Gasteiger charge is -2.08. The number of nitrogen functional groups attached to an aromatic ring is 2. The molecule has 1 atom stereocenters. The van der Waals surface area contributed by atoms with Crippen molar-refractivity contribution in [2.75, 3.05) is 11.5 Å². The Bertz CT molecular complexity index is 258. The van der Waals surface area contributed by atoms with Crippen molar-refractivity contribution < 1.29 is 5.11 Å². The number of aromatic nitrogens is 2. The molecular weight excluding hydrogens is 156 g/mol. The monoisotopic (exact) mass is 170 g/mol. The summed E-state index contributed by atoms with van der Waals surface area (Å²) in [4.78, 5) is 0. The summed E-state index contributed by atoms with van der Waals surface area (Å²) in [6, 6.07) is 0. The topological polar surface area (TPSA) is 90.1 Å². The van der Waals surface area contributed by atoms with Crippen LogP contribution in [0.1, 0.15) is 13.3 Å². The number of nitrogens with zero attached hydrogens (tertiary/aromatic N) is 2. The van der Waals surface area contributed by atoms with Crippen molar-refractivity contribution in [1.29, 1.82) is 0 Å². The van der Waals surface area contributed by atoms with Gasteiger partial charge in [-0.05, 0) is 6.42 Å². The standard InChI is InChI=1S/C7H14N4O/c1-2-5(12)4-11-7(9)6(8)3-10-11/h3,5,12H,2,4,8-9H2,1H3. The zero-order valence-corrected chi connectivity index (χ0v) is 7.07. The molecular formula is C7H14N4O. The van der Waals surface area contributed by atoms with E-state index in [1.165, 1.54) is 10.9 Å². The minimum atomic E-state index is -0.411. The van der Waals surface area contributed by atoms with Crippen LogP contribution in [0.5, 0.6) is 0 Å². The largest absolute Gasteiger partial charge is 0.394 e. The van der Waals surface area contributed by atoms with E-state index in [1.807, 2.05) is 6.92 Å². The molecule has 0 fully saturated rings. The lowest BCUT2D eigenvalue weighted by molar-refractivity contribution is 0.146. The predicted octanol–water partition coefficient (Wildman–Crippen LogP) is -0.182. The summed E-state index contributed by atoms with van der Waals surface area (Å²) in [7, 11) is 0. The minimum Gasteiger partial charge on any atom is -0.394 e. The van der Waals surface area contributed by atoms with Crippen molar-refractivity contribution in [3.63, 3.8) is 0 Å². The number of anilines is 2. The van der Waals surface area contributed by atoms with Gasteiger partial charge >= 0.3 is 0 Å². The zero-order chi connectivity index (χ0) is 9.14. The summed E-state index contributed by atoms with van der Waals surface area (Å²) in [6.45, 7) is 2.30. The number of nitrogens with two attached hydrogens (primary N) is 2. The molecule has 1 rings (SSSR count). The highest BCUT2D eigenvalue weighted by Crippen LogP contribution is 2.12. The summed E-state index contributed by atoms with van der Waals surface area (Å²) >= 11 is 0. The van der Waals surface area contributed by atoms with E-state index >= 15 is 0 Å². The van der Waals surface area contributed by atoms with Crippen molar-refractivity contribution >= 4 is 11.5 Å². The van der Waals surface area contributed by atoms with Crippen molar-refractivity contribution in [2.24, 2.45) is 0 Å². The molecule has 0 amide bonds. The van der Waals surface area contributed by atoms with Crippen LogP contribution in [-0.2, 0) is 6.54 Å². The van der Waals surface area contributed by atoms with Crippen LogP contribution in [0.3, 0.4) is 0 Å². The molecule has 1 aromatic heterocycles. The van der Waals surface area contributed by atoms with E-state index < -0.39 is 6.10 Å². The number of rotatable bonds is 3. The highest BCUT2D eigenvalue weighted by molar-refractivity contribution is 5.56. The molecule has 1 unspecified atom stereocenters. The molecule has 68 valence electrons. The van der Waals surface area contributed by atoms with E-state index in [-0.39, 0.29) is 0 Å². The van der Waals surface area contributed by atoms with Gasteiger partial charge in [-0.3, -0.25) is 0 Å². The molecule has 0 bridgehead atoms. The third-order valence-electron chi connectivity index (χ3n) is 1.76. The second-order valence-corrected chi connectivity index (χ2v) is 2.73. The molecule has 0 aliphatic heterocycles. The molecule has 0 aliphatic carbocycles. The van der Waals surface area contributed by atoms with Gasteiger partial charge in [0, 0.05) is 0 Å². The number of aliphatic hydroxyl groups is 1. The first-order chi connectivity index (χ1) is 5.65. The molecule has 5 heteroatoms. The van der Waals surface area contributed by atoms with Crippen LogP contribution in [0.15, 0.2) is 6.20 Å². The van der Waals surface area contributed by atoms with Gasteiger partial charge in [0.15, 0.2) is 0 Å². The highest BCUT2D eigenvalue weighted by atomic mass is 16.3. The van der Waals surface area contributed by atoms with Gasteiger partial charge in [0.2, 0.25) is 0 Å². The Hall–Kier alpha value is -1.23. The van der Waals surface area contributed by atoms with Crippen LogP contribution in [0.25, 0.3) is 0 Å². The number of hydrogen-bond donors (Lipinski definition) is 3. The van der Waals surface area contributed by atoms with E-state index in [9.17, 15) is 5.11 Å². The normalized spacial score (nSPS) is 13.2. The maximum absolute atomic E-state index is 9.29. The quantitative estimate of drug-likeness (QED) is 0.587. The second kappa shape index (κ2) is 3.44. The second-order valence-electron chi connectivity index (χ2n) is 2.73. The van der Waals surface area contributed by atoms with Crippen molar-refractivity contribution in [3.8, 4) is 0 Å². The van der Waals surface area contributed by atoms with E-state index in [0.29, 0.717) is 24.5 Å². The van der Waals surface area contributed by atoms with Gasteiger partial charge in [0.25, 0.3) is 0 Å². The molecule has 12 heavy (non-hydrogen) atoms. The summed E-state index contributed by atoms with van der Waals surface area (Å²) in [5, 5.41) is 13.2. The van der Waals surface area contributed by atoms with Crippen LogP contribution >= 0.6 is 0 Å². The molecule has 1 aromatic rings. The Morgan fingerprint density at radius 1 is 1.67 bits per heavy atom. The predicted molar refractivity (Wildman–Crippen MR) is 47.3 cm³/mol. The summed E-state index contributed by atoms with van der Waals surface area (Å²) in [6.07, 6.45) is 1.75. The fourth-order valence-electron chi connectivity index (χ4n) is 0.883. The maximum Gasteiger partial charge on any atom is 0.145 e. The van der Waals surface area contributed by atoms with Crippen molar-refractivity contribution in [2.45, 2.75) is 26.0 Å². The van der Waals surface area contributed by atoms with E-state index in [2.05, 4.69) is 5.10 Å².